The van der Waals surface area contributed by atoms with Gasteiger partial charge in [-0.1, -0.05) is 19.1 Å². The number of ketones is 1. The minimum Gasteiger partial charge on any atom is -0.468 e. The van der Waals surface area contributed by atoms with Gasteiger partial charge in [0.05, 0.1) is 17.6 Å². The van der Waals surface area contributed by atoms with E-state index in [4.69, 9.17) is 9.47 Å². The molecule has 1 aromatic carbocycles. The van der Waals surface area contributed by atoms with Gasteiger partial charge >= 0.3 is 11.9 Å². The molecule has 186 valence electrons. The van der Waals surface area contributed by atoms with Crippen LogP contribution in [0.5, 0.6) is 0 Å². The number of Topliss-reactive ketones (excluding diaryl/α,β-unsaturated/α-hetero) is 1. The minimum atomic E-state index is -1.02. The molecule has 0 amide bonds. The van der Waals surface area contributed by atoms with E-state index in [1.54, 1.807) is 32.9 Å². The quantitative estimate of drug-likeness (QED) is 0.289. The maximum Gasteiger partial charge on any atom is 0.337 e. The van der Waals surface area contributed by atoms with Gasteiger partial charge in [-0.3, -0.25) is 19.7 Å². The predicted molar refractivity (Wildman–Crippen MR) is 126 cm³/mol. The number of dihydropyridines is 1. The van der Waals surface area contributed by atoms with E-state index in [-0.39, 0.29) is 28.9 Å². The van der Waals surface area contributed by atoms with Crippen LogP contribution in [-0.2, 0) is 23.9 Å². The topological polar surface area (TPSA) is 125 Å². The highest BCUT2D eigenvalue weighted by Gasteiger charge is 2.47. The molecule has 0 spiro atoms. The van der Waals surface area contributed by atoms with Crippen molar-refractivity contribution >= 4 is 23.4 Å². The molecule has 0 unspecified atom stereocenters. The van der Waals surface area contributed by atoms with Crippen LogP contribution in [0.2, 0.25) is 0 Å². The van der Waals surface area contributed by atoms with Gasteiger partial charge in [0.2, 0.25) is 0 Å². The van der Waals surface area contributed by atoms with E-state index < -0.39 is 34.5 Å². The Labute approximate surface area is 203 Å². The van der Waals surface area contributed by atoms with E-state index in [1.807, 2.05) is 0 Å². The number of hydrogen-bond donors (Lipinski definition) is 1. The van der Waals surface area contributed by atoms with Crippen LogP contribution in [0, 0.1) is 28.9 Å². The Morgan fingerprint density at radius 3 is 2.49 bits per heavy atom. The molecule has 1 aromatic rings. The zero-order valence-electron chi connectivity index (χ0n) is 20.4. The Morgan fingerprint density at radius 1 is 1.17 bits per heavy atom. The van der Waals surface area contributed by atoms with Crippen molar-refractivity contribution in [3.05, 3.63) is 62.0 Å². The highest BCUT2D eigenvalue weighted by molar-refractivity contribution is 6.12. The van der Waals surface area contributed by atoms with Gasteiger partial charge in [0.1, 0.15) is 12.0 Å². The number of ether oxygens (including phenoxy) is 2. The summed E-state index contributed by atoms with van der Waals surface area (Å²) in [4.78, 5) is 51.0. The largest absolute Gasteiger partial charge is 0.468 e. The van der Waals surface area contributed by atoms with Crippen molar-refractivity contribution < 1.29 is 28.8 Å². The minimum absolute atomic E-state index is 0.106. The predicted octanol–water partition coefficient (Wildman–Crippen LogP) is 4.00. The SMILES string of the molecule is COC(=O)[C@@H]1C(=O)C2=C(C[C@H]1C)NC(C)=C(C(=O)OC1CCCC1)[C@H]2c1ccc(C)c([N+](=O)[O-])c1. The van der Waals surface area contributed by atoms with Crippen LogP contribution in [0.25, 0.3) is 0 Å². The average Bonchev–Trinajstić information content (AvgIpc) is 3.31. The van der Waals surface area contributed by atoms with E-state index in [0.29, 0.717) is 28.9 Å². The van der Waals surface area contributed by atoms with Crippen LogP contribution >= 0.6 is 0 Å². The molecule has 4 rings (SSSR count). The summed E-state index contributed by atoms with van der Waals surface area (Å²) in [6.45, 7) is 5.18. The number of carbonyl (C=O) groups excluding carboxylic acids is 3. The van der Waals surface area contributed by atoms with Crippen LogP contribution in [0.3, 0.4) is 0 Å². The molecule has 3 atom stereocenters. The first kappa shape index (κ1) is 24.6. The summed E-state index contributed by atoms with van der Waals surface area (Å²) in [5.41, 5.74) is 2.45. The second-order valence-electron chi connectivity index (χ2n) is 9.65. The third-order valence-corrected chi connectivity index (χ3v) is 7.30. The van der Waals surface area contributed by atoms with Crippen LogP contribution in [0.15, 0.2) is 40.7 Å². The number of methoxy groups -OCH3 is 1. The third-order valence-electron chi connectivity index (χ3n) is 7.30. The van der Waals surface area contributed by atoms with E-state index >= 15 is 0 Å². The Morgan fingerprint density at radius 2 is 1.86 bits per heavy atom. The second kappa shape index (κ2) is 9.64. The van der Waals surface area contributed by atoms with Crippen molar-refractivity contribution in [1.82, 2.24) is 5.32 Å². The molecule has 9 heteroatoms. The number of carbonyl (C=O) groups is 3. The first-order valence-corrected chi connectivity index (χ1v) is 11.9. The maximum absolute atomic E-state index is 13.8. The zero-order valence-corrected chi connectivity index (χ0v) is 20.4. The number of nitrogens with zero attached hydrogens (tertiary/aromatic N) is 1. The second-order valence-corrected chi connectivity index (χ2v) is 9.65. The normalized spacial score (nSPS) is 24.7. The Balaban J connectivity index is 1.86. The smallest absolute Gasteiger partial charge is 0.337 e. The number of esters is 2. The lowest BCUT2D eigenvalue weighted by atomic mass is 9.69. The van der Waals surface area contributed by atoms with Crippen molar-refractivity contribution in [1.29, 1.82) is 0 Å². The van der Waals surface area contributed by atoms with E-state index in [9.17, 15) is 24.5 Å². The van der Waals surface area contributed by atoms with Crippen LogP contribution in [0.4, 0.5) is 5.69 Å². The van der Waals surface area contributed by atoms with Crippen molar-refractivity contribution in [2.24, 2.45) is 11.8 Å². The summed E-state index contributed by atoms with van der Waals surface area (Å²) in [6.07, 6.45) is 3.72. The number of benzene rings is 1. The highest BCUT2D eigenvalue weighted by Crippen LogP contribution is 2.46. The molecular weight excluding hydrogens is 452 g/mol. The van der Waals surface area contributed by atoms with Crippen LogP contribution < -0.4 is 5.32 Å². The van der Waals surface area contributed by atoms with Crippen molar-refractivity contribution in [2.75, 3.05) is 7.11 Å². The first-order valence-electron chi connectivity index (χ1n) is 11.9. The summed E-state index contributed by atoms with van der Waals surface area (Å²) in [5, 5.41) is 14.9. The number of hydrogen-bond acceptors (Lipinski definition) is 8. The van der Waals surface area contributed by atoms with Gasteiger partial charge in [0, 0.05) is 34.5 Å². The lowest BCUT2D eigenvalue weighted by Crippen LogP contribution is -2.43. The van der Waals surface area contributed by atoms with Gasteiger partial charge in [-0.15, -0.1) is 0 Å². The Bertz CT molecular complexity index is 1160. The molecule has 35 heavy (non-hydrogen) atoms. The fraction of sp³-hybridized carbons (Fsp3) is 0.500. The summed E-state index contributed by atoms with van der Waals surface area (Å²) in [7, 11) is 1.24. The van der Waals surface area contributed by atoms with Gasteiger partial charge < -0.3 is 14.8 Å². The molecule has 1 heterocycles. The van der Waals surface area contributed by atoms with Gasteiger partial charge in [-0.05, 0) is 57.4 Å². The van der Waals surface area contributed by atoms with Crippen molar-refractivity contribution in [3.63, 3.8) is 0 Å². The third kappa shape index (κ3) is 4.47. The van der Waals surface area contributed by atoms with Crippen molar-refractivity contribution in [3.8, 4) is 0 Å². The van der Waals surface area contributed by atoms with Gasteiger partial charge in [-0.2, -0.15) is 0 Å². The summed E-state index contributed by atoms with van der Waals surface area (Å²) < 4.78 is 10.7. The molecule has 3 aliphatic rings. The lowest BCUT2D eigenvalue weighted by molar-refractivity contribution is -0.385. The number of rotatable bonds is 5. The number of allylic oxidation sites excluding steroid dienone is 3. The molecule has 0 aromatic heterocycles. The first-order chi connectivity index (χ1) is 16.6. The molecule has 1 aliphatic heterocycles. The number of nitro groups is 1. The summed E-state index contributed by atoms with van der Waals surface area (Å²) in [5.74, 6) is -3.86. The van der Waals surface area contributed by atoms with E-state index in [2.05, 4.69) is 5.32 Å². The average molecular weight is 483 g/mol. The van der Waals surface area contributed by atoms with E-state index in [1.165, 1.54) is 13.2 Å². The molecule has 0 radical (unpaired) electrons. The molecule has 0 bridgehead atoms. The monoisotopic (exact) mass is 482 g/mol. The van der Waals surface area contributed by atoms with Gasteiger partial charge in [-0.25, -0.2) is 4.79 Å². The Hall–Kier alpha value is -3.49. The summed E-state index contributed by atoms with van der Waals surface area (Å²) in [6, 6.07) is 4.71. The van der Waals surface area contributed by atoms with Crippen LogP contribution in [0.1, 0.15) is 63.0 Å². The fourth-order valence-electron chi connectivity index (χ4n) is 5.51. The molecule has 2 aliphatic carbocycles. The molecule has 1 N–H and O–H groups in total. The molecule has 1 saturated carbocycles. The highest BCUT2D eigenvalue weighted by atomic mass is 16.6. The van der Waals surface area contributed by atoms with Crippen LogP contribution in [-0.4, -0.2) is 35.9 Å². The zero-order chi connectivity index (χ0) is 25.4. The standard InChI is InChI=1S/C26H30N2O7/c1-13-9-10-16(12-19(13)28(32)33)22-21(26(31)35-17-7-5-6-8-17)15(3)27-18-11-14(2)20(25(30)34-4)24(29)23(18)22/h9-10,12,14,17,20,22,27H,5-8,11H2,1-4H3/t14-,20+,22-/m1/s1. The fourth-order valence-corrected chi connectivity index (χ4v) is 5.51. The maximum atomic E-state index is 13.8. The number of nitro benzene ring substituents is 1. The molecule has 9 nitrogen and oxygen atoms in total. The Kier molecular flexibility index (Phi) is 6.78. The summed E-state index contributed by atoms with van der Waals surface area (Å²) >= 11 is 0. The molecular formula is C26H30N2O7. The van der Waals surface area contributed by atoms with Crippen molar-refractivity contribution in [2.45, 2.75) is 64.9 Å². The number of nitrogens with one attached hydrogen (secondary N) is 1. The molecule has 0 saturated heterocycles. The lowest BCUT2D eigenvalue weighted by Gasteiger charge is -2.38. The van der Waals surface area contributed by atoms with Gasteiger partial charge in [0.15, 0.2) is 5.78 Å². The number of aryl methyl sites for hydroxylation is 1. The van der Waals surface area contributed by atoms with E-state index in [0.717, 1.165) is 25.7 Å². The molecule has 1 fully saturated rings. The van der Waals surface area contributed by atoms with Gasteiger partial charge in [0.25, 0.3) is 5.69 Å².